The lowest BCUT2D eigenvalue weighted by molar-refractivity contribution is -0.384. The van der Waals surface area contributed by atoms with Gasteiger partial charge in [0.05, 0.1) is 17.8 Å². The summed E-state index contributed by atoms with van der Waals surface area (Å²) in [5, 5.41) is 15.3. The number of hydrogen-bond acceptors (Lipinski definition) is 4. The Labute approximate surface area is 253 Å². The number of allylic oxidation sites excluding steroid dienone is 1. The zero-order valence-electron chi connectivity index (χ0n) is 25.9. The molecule has 0 N–H and O–H groups in total. The fraction of sp³-hybridized carbons (Fsp3) is 0.257. The van der Waals surface area contributed by atoms with Crippen LogP contribution in [0.25, 0.3) is 21.8 Å². The van der Waals surface area contributed by atoms with Gasteiger partial charge in [-0.25, -0.2) is 4.74 Å². The second-order valence-electron chi connectivity index (χ2n) is 12.0. The first kappa shape index (κ1) is 28.9. The number of hydrogen-bond donors (Lipinski definition) is 0. The number of anilines is 1. The summed E-state index contributed by atoms with van der Waals surface area (Å²) in [5.74, 6) is 2.37. The van der Waals surface area contributed by atoms with E-state index in [1.807, 2.05) is 6.92 Å². The predicted molar refractivity (Wildman–Crippen MR) is 181 cm³/mol. The monoisotopic (exact) mass is 591 g/mol. The third-order valence-corrected chi connectivity index (χ3v) is 12.4. The highest BCUT2D eigenvalue weighted by molar-refractivity contribution is 7.74. The molecule has 0 spiro atoms. The van der Waals surface area contributed by atoms with E-state index >= 15 is 0 Å². The van der Waals surface area contributed by atoms with Crippen LogP contribution in [0.4, 0.5) is 17.1 Å². The first-order valence-electron chi connectivity index (χ1n) is 14.6. The lowest BCUT2D eigenvalue weighted by Crippen LogP contribution is -2.25. The first-order valence-corrected chi connectivity index (χ1v) is 16.4. The third-order valence-electron chi connectivity index (χ3n) is 8.97. The van der Waals surface area contributed by atoms with Crippen molar-refractivity contribution >= 4 is 51.4 Å². The molecule has 7 nitrogen and oxygen atoms in total. The van der Waals surface area contributed by atoms with Gasteiger partial charge in [0.25, 0.3) is 5.69 Å². The average molecular weight is 592 g/mol. The lowest BCUT2D eigenvalue weighted by Gasteiger charge is -2.33. The Morgan fingerprint density at radius 3 is 2.35 bits per heavy atom. The quantitative estimate of drug-likeness (QED) is 0.112. The molecule has 1 aliphatic heterocycles. The minimum atomic E-state index is -2.67. The number of para-hydroxylation sites is 2. The molecule has 0 aliphatic carbocycles. The van der Waals surface area contributed by atoms with Crippen molar-refractivity contribution in [2.75, 3.05) is 26.0 Å². The van der Waals surface area contributed by atoms with Crippen molar-refractivity contribution in [3.05, 3.63) is 118 Å². The molecular formula is C35H38N5O2P. The van der Waals surface area contributed by atoms with Gasteiger partial charge in [0.2, 0.25) is 0 Å². The number of non-ortho nitro benzene ring substituents is 1. The Hall–Kier alpha value is -4.19. The highest BCUT2D eigenvalue weighted by Gasteiger charge is 2.40. The fourth-order valence-corrected chi connectivity index (χ4v) is 9.76. The average Bonchev–Trinajstić information content (AvgIpc) is 3.41. The van der Waals surface area contributed by atoms with Crippen LogP contribution in [0, 0.1) is 17.0 Å². The maximum Gasteiger partial charge on any atom is 0.271 e. The van der Waals surface area contributed by atoms with Gasteiger partial charge in [-0.2, -0.15) is 0 Å². The van der Waals surface area contributed by atoms with E-state index in [1.54, 1.807) is 18.2 Å². The van der Waals surface area contributed by atoms with Gasteiger partial charge in [-0.15, -0.1) is 0 Å². The zero-order chi connectivity index (χ0) is 30.7. The topological polar surface area (TPSA) is 66.9 Å². The van der Waals surface area contributed by atoms with E-state index in [1.165, 1.54) is 38.8 Å². The number of rotatable bonds is 6. The summed E-state index contributed by atoms with van der Waals surface area (Å²) in [4.78, 5) is 13.7. The third kappa shape index (κ3) is 4.50. The molecule has 0 radical (unpaired) electrons. The number of nitrogens with zero attached hydrogens (tertiary/aromatic N) is 5. The van der Waals surface area contributed by atoms with Crippen LogP contribution in [0.1, 0.15) is 31.9 Å². The Kier molecular flexibility index (Phi) is 7.07. The molecule has 43 heavy (non-hydrogen) atoms. The SMILES string of the molecule is CCn1c2ccccc2c2cc(P(C=C3N(C)c4ccccc4C3(C)C)(=Nc3cc([N+](=O)[O-])ccc3C)N(C)C)ccc21. The summed E-state index contributed by atoms with van der Waals surface area (Å²) in [6.07, 6.45) is 0. The summed E-state index contributed by atoms with van der Waals surface area (Å²) in [5.41, 5.74) is 7.35. The summed E-state index contributed by atoms with van der Waals surface area (Å²) < 4.78 is 10.1. The summed E-state index contributed by atoms with van der Waals surface area (Å²) in [7, 11) is 3.61. The van der Waals surface area contributed by atoms with Crippen LogP contribution in [-0.2, 0) is 12.0 Å². The molecule has 0 fully saturated rings. The number of aromatic nitrogens is 1. The molecule has 5 aromatic rings. The Bertz CT molecular complexity index is 2000. The van der Waals surface area contributed by atoms with Crippen LogP contribution in [0.15, 0.2) is 101 Å². The second-order valence-corrected chi connectivity index (χ2v) is 15.1. The van der Waals surface area contributed by atoms with Crippen LogP contribution in [0.3, 0.4) is 0 Å². The number of aryl methyl sites for hydroxylation is 2. The molecule has 0 saturated heterocycles. The molecule has 1 aliphatic rings. The number of likely N-dealkylation sites (N-methyl/N-ethyl adjacent to an activating group) is 1. The molecule has 1 aromatic heterocycles. The molecule has 0 saturated carbocycles. The molecule has 1 unspecified atom stereocenters. The molecule has 0 amide bonds. The van der Waals surface area contributed by atoms with Gasteiger partial charge < -0.3 is 9.47 Å². The first-order chi connectivity index (χ1) is 20.5. The van der Waals surface area contributed by atoms with Gasteiger partial charge in [-0.3, -0.25) is 14.8 Å². The molecule has 6 rings (SSSR count). The van der Waals surface area contributed by atoms with Crippen molar-refractivity contribution in [2.24, 2.45) is 4.74 Å². The maximum atomic E-state index is 11.8. The molecule has 2 heterocycles. The Balaban J connectivity index is 1.72. The van der Waals surface area contributed by atoms with Gasteiger partial charge in [0, 0.05) is 69.6 Å². The van der Waals surface area contributed by atoms with Crippen LogP contribution in [-0.4, -0.2) is 35.3 Å². The van der Waals surface area contributed by atoms with Crippen LogP contribution >= 0.6 is 7.21 Å². The molecule has 220 valence electrons. The van der Waals surface area contributed by atoms with Crippen molar-refractivity contribution in [2.45, 2.75) is 39.7 Å². The smallest absolute Gasteiger partial charge is 0.271 e. The van der Waals surface area contributed by atoms with Gasteiger partial charge in [0.1, 0.15) is 0 Å². The predicted octanol–water partition coefficient (Wildman–Crippen LogP) is 8.93. The van der Waals surface area contributed by atoms with E-state index in [4.69, 9.17) is 4.74 Å². The minimum Gasteiger partial charge on any atom is -0.347 e. The Morgan fingerprint density at radius 1 is 0.953 bits per heavy atom. The molecule has 4 aromatic carbocycles. The normalized spacial score (nSPS) is 16.7. The van der Waals surface area contributed by atoms with Crippen LogP contribution < -0.4 is 10.2 Å². The zero-order valence-corrected chi connectivity index (χ0v) is 26.8. The van der Waals surface area contributed by atoms with Gasteiger partial charge in [-0.05, 0) is 75.2 Å². The van der Waals surface area contributed by atoms with E-state index in [9.17, 15) is 10.1 Å². The standard InChI is InChI=1S/C35H38N5O2P/c1-8-39-31-15-11-9-13-27(31)28-22-26(19-20-32(28)39)43(37(5)6,36-30-21-25(40(41)42)18-17-24(30)2)23-34-35(3,4)29-14-10-12-16-33(29)38(34)7/h9-23H,8H2,1-7H3. The van der Waals surface area contributed by atoms with Gasteiger partial charge in [0.15, 0.2) is 0 Å². The highest BCUT2D eigenvalue weighted by atomic mass is 31.2. The van der Waals surface area contributed by atoms with E-state index in [0.29, 0.717) is 5.69 Å². The van der Waals surface area contributed by atoms with Gasteiger partial charge >= 0.3 is 0 Å². The van der Waals surface area contributed by atoms with Crippen molar-refractivity contribution in [1.82, 2.24) is 9.24 Å². The number of fused-ring (bicyclic) bond motifs is 4. The van der Waals surface area contributed by atoms with E-state index in [0.717, 1.165) is 17.4 Å². The lowest BCUT2D eigenvalue weighted by atomic mass is 9.84. The van der Waals surface area contributed by atoms with E-state index in [2.05, 4.69) is 129 Å². The number of nitro benzene ring substituents is 1. The van der Waals surface area contributed by atoms with Crippen molar-refractivity contribution in [3.63, 3.8) is 0 Å². The number of benzene rings is 4. The highest BCUT2D eigenvalue weighted by Crippen LogP contribution is 2.59. The van der Waals surface area contributed by atoms with Crippen LogP contribution in [0.2, 0.25) is 0 Å². The van der Waals surface area contributed by atoms with Crippen molar-refractivity contribution < 1.29 is 4.92 Å². The molecular weight excluding hydrogens is 553 g/mol. The second kappa shape index (κ2) is 10.5. The summed E-state index contributed by atoms with van der Waals surface area (Å²) >= 11 is 0. The molecule has 1 atom stereocenters. The molecule has 8 heteroatoms. The van der Waals surface area contributed by atoms with E-state index < -0.39 is 7.21 Å². The number of nitro groups is 1. The largest absolute Gasteiger partial charge is 0.347 e. The van der Waals surface area contributed by atoms with Gasteiger partial charge in [-0.1, -0.05) is 56.3 Å². The molecule has 0 bridgehead atoms. The maximum absolute atomic E-state index is 11.8. The Morgan fingerprint density at radius 2 is 1.65 bits per heavy atom. The summed E-state index contributed by atoms with van der Waals surface area (Å²) in [6, 6.07) is 28.8. The minimum absolute atomic E-state index is 0.0426. The van der Waals surface area contributed by atoms with Crippen molar-refractivity contribution in [1.29, 1.82) is 0 Å². The summed E-state index contributed by atoms with van der Waals surface area (Å²) in [6.45, 7) is 9.55. The van der Waals surface area contributed by atoms with Crippen molar-refractivity contribution in [3.8, 4) is 0 Å². The fourth-order valence-electron chi connectivity index (χ4n) is 6.57. The van der Waals surface area contributed by atoms with E-state index in [-0.39, 0.29) is 16.0 Å². The van der Waals surface area contributed by atoms with Crippen LogP contribution in [0.5, 0.6) is 0 Å².